The normalized spacial score (nSPS) is 10.9. The first-order valence-electron chi connectivity index (χ1n) is 8.64. The molecular formula is C21H18ClN3OS. The molecule has 2 heterocycles. The Balaban J connectivity index is 1.78. The zero-order valence-corrected chi connectivity index (χ0v) is 16.6. The molecule has 136 valence electrons. The second kappa shape index (κ2) is 7.55. The van der Waals surface area contributed by atoms with Crippen LogP contribution in [0.15, 0.2) is 54.2 Å². The predicted molar refractivity (Wildman–Crippen MR) is 113 cm³/mol. The highest BCUT2D eigenvalue weighted by atomic mass is 35.5. The number of rotatable bonds is 5. The van der Waals surface area contributed by atoms with Crippen LogP contribution in [-0.2, 0) is 0 Å². The van der Waals surface area contributed by atoms with Gasteiger partial charge in [-0.2, -0.15) is 0 Å². The number of hydrogen-bond acceptors (Lipinski definition) is 5. The first kappa shape index (κ1) is 17.8. The maximum absolute atomic E-state index is 6.17. The second-order valence-corrected chi connectivity index (χ2v) is 7.39. The van der Waals surface area contributed by atoms with Crippen LogP contribution in [0.3, 0.4) is 0 Å². The van der Waals surface area contributed by atoms with Gasteiger partial charge in [0.25, 0.3) is 0 Å². The molecule has 0 saturated carbocycles. The van der Waals surface area contributed by atoms with Crippen LogP contribution in [-0.4, -0.2) is 16.6 Å². The van der Waals surface area contributed by atoms with Gasteiger partial charge in [0.2, 0.25) is 0 Å². The number of halogens is 1. The summed E-state index contributed by atoms with van der Waals surface area (Å²) in [6.07, 6.45) is 1.59. The number of hydrogen-bond donors (Lipinski definition) is 1. The molecule has 0 unspecified atom stereocenters. The minimum atomic E-state index is 0.654. The zero-order valence-electron chi connectivity index (χ0n) is 15.0. The Morgan fingerprint density at radius 2 is 1.93 bits per heavy atom. The van der Waals surface area contributed by atoms with Crippen molar-refractivity contribution in [2.45, 2.75) is 13.8 Å². The average Bonchev–Trinajstić information content (AvgIpc) is 3.11. The smallest absolute Gasteiger partial charge is 0.143 e. The van der Waals surface area contributed by atoms with Crippen molar-refractivity contribution in [3.63, 3.8) is 0 Å². The summed E-state index contributed by atoms with van der Waals surface area (Å²) in [7, 11) is 0. The fourth-order valence-corrected chi connectivity index (χ4v) is 4.02. The number of aromatic nitrogens is 2. The van der Waals surface area contributed by atoms with Crippen LogP contribution < -0.4 is 10.1 Å². The van der Waals surface area contributed by atoms with Crippen molar-refractivity contribution < 1.29 is 4.74 Å². The monoisotopic (exact) mass is 395 g/mol. The lowest BCUT2D eigenvalue weighted by Crippen LogP contribution is -1.97. The van der Waals surface area contributed by atoms with Crippen molar-refractivity contribution in [2.75, 3.05) is 11.9 Å². The van der Waals surface area contributed by atoms with Crippen LogP contribution in [0.4, 0.5) is 11.5 Å². The Hall–Kier alpha value is -2.63. The first-order valence-corrected chi connectivity index (χ1v) is 9.90. The van der Waals surface area contributed by atoms with Crippen molar-refractivity contribution in [1.82, 2.24) is 9.97 Å². The van der Waals surface area contributed by atoms with Gasteiger partial charge in [-0.15, -0.1) is 11.3 Å². The van der Waals surface area contributed by atoms with Gasteiger partial charge in [-0.05, 0) is 49.2 Å². The highest BCUT2D eigenvalue weighted by Crippen LogP contribution is 2.38. The van der Waals surface area contributed by atoms with E-state index >= 15 is 0 Å². The molecule has 0 atom stereocenters. The maximum Gasteiger partial charge on any atom is 0.143 e. The van der Waals surface area contributed by atoms with Crippen molar-refractivity contribution >= 4 is 44.7 Å². The van der Waals surface area contributed by atoms with Gasteiger partial charge >= 0.3 is 0 Å². The van der Waals surface area contributed by atoms with E-state index in [2.05, 4.69) is 32.8 Å². The summed E-state index contributed by atoms with van der Waals surface area (Å²) in [5.74, 6) is 1.64. The highest BCUT2D eigenvalue weighted by molar-refractivity contribution is 7.17. The Labute approximate surface area is 166 Å². The number of aryl methyl sites for hydroxylation is 1. The minimum absolute atomic E-state index is 0.654. The number of anilines is 2. The molecule has 1 N–H and O–H groups in total. The molecule has 0 aliphatic rings. The molecule has 27 heavy (non-hydrogen) atoms. The molecule has 0 fully saturated rings. The second-order valence-electron chi connectivity index (χ2n) is 6.09. The summed E-state index contributed by atoms with van der Waals surface area (Å²) in [5.41, 5.74) is 4.24. The van der Waals surface area contributed by atoms with Crippen molar-refractivity contribution in [2.24, 2.45) is 0 Å². The Bertz CT molecular complexity index is 1090. The molecule has 0 aliphatic heterocycles. The molecule has 0 bridgehead atoms. The standard InChI is InChI=1S/C21H18ClN3OS/c1-3-26-16-8-5-14(6-9-16)17-11-27-21-19(17)20(23-12-24-21)25-18-10-15(22)7-4-13(18)2/h4-12H,3H2,1-2H3,(H,23,24,25). The van der Waals surface area contributed by atoms with E-state index in [1.54, 1.807) is 17.7 Å². The number of nitrogens with one attached hydrogen (secondary N) is 1. The number of thiophene rings is 1. The number of ether oxygens (including phenoxy) is 1. The third-order valence-corrected chi connectivity index (χ3v) is 5.42. The number of nitrogens with zero attached hydrogens (tertiary/aromatic N) is 2. The fourth-order valence-electron chi connectivity index (χ4n) is 2.94. The van der Waals surface area contributed by atoms with Crippen molar-refractivity contribution in [3.05, 3.63) is 64.8 Å². The summed E-state index contributed by atoms with van der Waals surface area (Å²) >= 11 is 7.77. The van der Waals surface area contributed by atoms with Crippen LogP contribution in [0.25, 0.3) is 21.3 Å². The molecule has 4 aromatic rings. The summed E-state index contributed by atoms with van der Waals surface area (Å²) < 4.78 is 5.55. The van der Waals surface area contributed by atoms with Crippen molar-refractivity contribution in [3.8, 4) is 16.9 Å². The lowest BCUT2D eigenvalue weighted by Gasteiger charge is -2.11. The molecule has 2 aromatic heterocycles. The third kappa shape index (κ3) is 3.61. The molecule has 4 rings (SSSR count). The van der Waals surface area contributed by atoms with Gasteiger partial charge in [0.05, 0.1) is 12.0 Å². The van der Waals surface area contributed by atoms with Gasteiger partial charge in [-0.3, -0.25) is 0 Å². The fraction of sp³-hybridized carbons (Fsp3) is 0.143. The molecule has 0 saturated heterocycles. The minimum Gasteiger partial charge on any atom is -0.494 e. The number of benzene rings is 2. The summed E-state index contributed by atoms with van der Waals surface area (Å²) in [5, 5.41) is 7.24. The quantitative estimate of drug-likeness (QED) is 0.421. The van der Waals surface area contributed by atoms with Crippen LogP contribution in [0, 0.1) is 6.92 Å². The topological polar surface area (TPSA) is 47.0 Å². The maximum atomic E-state index is 6.17. The van der Waals surface area contributed by atoms with Gasteiger partial charge in [-0.25, -0.2) is 9.97 Å². The van der Waals surface area contributed by atoms with Crippen LogP contribution in [0.1, 0.15) is 12.5 Å². The molecule has 0 aliphatic carbocycles. The van der Waals surface area contributed by atoms with Gasteiger partial charge in [-0.1, -0.05) is 29.8 Å². The van der Waals surface area contributed by atoms with Crippen molar-refractivity contribution in [1.29, 1.82) is 0 Å². The Kier molecular flexibility index (Phi) is 4.97. The van der Waals surface area contributed by atoms with Gasteiger partial charge < -0.3 is 10.1 Å². The molecule has 2 aromatic carbocycles. The van der Waals surface area contributed by atoms with Crippen LogP contribution in [0.5, 0.6) is 5.75 Å². The Morgan fingerprint density at radius 1 is 1.11 bits per heavy atom. The molecule has 4 nitrogen and oxygen atoms in total. The number of fused-ring (bicyclic) bond motifs is 1. The van der Waals surface area contributed by atoms with Gasteiger partial charge in [0.15, 0.2) is 0 Å². The predicted octanol–water partition coefficient (Wildman–Crippen LogP) is 6.46. The van der Waals surface area contributed by atoms with E-state index in [4.69, 9.17) is 16.3 Å². The zero-order chi connectivity index (χ0) is 18.8. The lowest BCUT2D eigenvalue weighted by atomic mass is 10.1. The Morgan fingerprint density at radius 3 is 2.70 bits per heavy atom. The molecule has 0 amide bonds. The highest BCUT2D eigenvalue weighted by Gasteiger charge is 2.14. The summed E-state index contributed by atoms with van der Waals surface area (Å²) in [6, 6.07) is 13.9. The van der Waals surface area contributed by atoms with E-state index in [0.29, 0.717) is 11.6 Å². The van der Waals surface area contributed by atoms with Crippen LogP contribution >= 0.6 is 22.9 Å². The molecule has 0 spiro atoms. The van der Waals surface area contributed by atoms with E-state index in [9.17, 15) is 0 Å². The average molecular weight is 396 g/mol. The molecular weight excluding hydrogens is 378 g/mol. The first-order chi connectivity index (χ1) is 13.2. The van der Waals surface area contributed by atoms with Gasteiger partial charge in [0.1, 0.15) is 22.7 Å². The molecule has 6 heteroatoms. The van der Waals surface area contributed by atoms with Gasteiger partial charge in [0, 0.05) is 21.7 Å². The van der Waals surface area contributed by atoms with E-state index in [1.807, 2.05) is 44.2 Å². The van der Waals surface area contributed by atoms with Crippen LogP contribution in [0.2, 0.25) is 5.02 Å². The third-order valence-electron chi connectivity index (χ3n) is 4.30. The largest absolute Gasteiger partial charge is 0.494 e. The van der Waals surface area contributed by atoms with E-state index in [1.165, 1.54) is 0 Å². The summed E-state index contributed by atoms with van der Waals surface area (Å²) in [4.78, 5) is 9.87. The van der Waals surface area contributed by atoms with E-state index in [-0.39, 0.29) is 0 Å². The summed E-state index contributed by atoms with van der Waals surface area (Å²) in [6.45, 7) is 4.67. The molecule has 0 radical (unpaired) electrons. The van der Waals surface area contributed by atoms with E-state index in [0.717, 1.165) is 44.2 Å². The lowest BCUT2D eigenvalue weighted by molar-refractivity contribution is 0.340. The SMILES string of the molecule is CCOc1ccc(-c2csc3ncnc(Nc4cc(Cl)ccc4C)c23)cc1. The van der Waals surface area contributed by atoms with E-state index < -0.39 is 0 Å².